The van der Waals surface area contributed by atoms with Crippen molar-refractivity contribution in [2.45, 2.75) is 32.1 Å². The topological polar surface area (TPSA) is 26.0 Å². The van der Waals surface area contributed by atoms with E-state index in [1.54, 1.807) is 0 Å². The molecular weight excluding hydrogens is 170 g/mol. The van der Waals surface area contributed by atoms with Gasteiger partial charge >= 0.3 is 0 Å². The number of nitrogens with two attached hydrogens (primary N) is 1. The Balaban J connectivity index is 2.35. The summed E-state index contributed by atoms with van der Waals surface area (Å²) in [5.41, 5.74) is 9.13. The second-order valence-corrected chi connectivity index (χ2v) is 4.48. The molecule has 0 aromatic heterocycles. The maximum Gasteiger partial charge on any atom is 0.0109 e. The van der Waals surface area contributed by atoms with E-state index in [9.17, 15) is 0 Å². The highest BCUT2D eigenvalue weighted by Gasteiger charge is 2.53. The van der Waals surface area contributed by atoms with E-state index in [-0.39, 0.29) is 0 Å². The summed E-state index contributed by atoms with van der Waals surface area (Å²) < 4.78 is 0. The Morgan fingerprint density at radius 3 is 2.64 bits per heavy atom. The Kier molecular flexibility index (Phi) is 2.36. The molecule has 2 rings (SSSR count). The molecule has 0 amide bonds. The van der Waals surface area contributed by atoms with Gasteiger partial charge in [-0.25, -0.2) is 0 Å². The van der Waals surface area contributed by atoms with Gasteiger partial charge in [-0.05, 0) is 30.4 Å². The summed E-state index contributed by atoms with van der Waals surface area (Å²) >= 11 is 0. The van der Waals surface area contributed by atoms with Crippen LogP contribution in [0, 0.1) is 12.8 Å². The van der Waals surface area contributed by atoms with Crippen molar-refractivity contribution >= 4 is 0 Å². The van der Waals surface area contributed by atoms with Crippen molar-refractivity contribution in [1.29, 1.82) is 0 Å². The second kappa shape index (κ2) is 3.39. The van der Waals surface area contributed by atoms with E-state index in [2.05, 4.69) is 38.1 Å². The molecule has 0 radical (unpaired) electrons. The van der Waals surface area contributed by atoms with Gasteiger partial charge in [-0.1, -0.05) is 37.6 Å². The Labute approximate surface area is 86.3 Å². The first-order chi connectivity index (χ1) is 6.74. The van der Waals surface area contributed by atoms with Gasteiger partial charge in [-0.2, -0.15) is 0 Å². The highest BCUT2D eigenvalue weighted by atomic mass is 14.7. The van der Waals surface area contributed by atoms with Crippen LogP contribution in [-0.4, -0.2) is 6.54 Å². The summed E-state index contributed by atoms with van der Waals surface area (Å²) in [6.07, 6.45) is 2.54. The summed E-state index contributed by atoms with van der Waals surface area (Å²) in [6.45, 7) is 5.26. The van der Waals surface area contributed by atoms with Crippen LogP contribution in [0.4, 0.5) is 0 Å². The zero-order valence-electron chi connectivity index (χ0n) is 9.09. The molecule has 14 heavy (non-hydrogen) atoms. The fraction of sp³-hybridized carbons (Fsp3) is 0.538. The molecule has 1 saturated carbocycles. The average molecular weight is 189 g/mol. The molecule has 0 heterocycles. The summed E-state index contributed by atoms with van der Waals surface area (Å²) in [5, 5.41) is 0. The maximum absolute atomic E-state index is 5.94. The highest BCUT2D eigenvalue weighted by molar-refractivity contribution is 5.39. The lowest BCUT2D eigenvalue weighted by atomic mass is 9.89. The summed E-state index contributed by atoms with van der Waals surface area (Å²) in [6, 6.07) is 8.67. The van der Waals surface area contributed by atoms with Crippen molar-refractivity contribution < 1.29 is 0 Å². The van der Waals surface area contributed by atoms with Crippen molar-refractivity contribution in [3.05, 3.63) is 35.4 Å². The van der Waals surface area contributed by atoms with Crippen molar-refractivity contribution in [3.63, 3.8) is 0 Å². The minimum Gasteiger partial charge on any atom is -0.330 e. The van der Waals surface area contributed by atoms with Crippen molar-refractivity contribution in [1.82, 2.24) is 0 Å². The van der Waals surface area contributed by atoms with Crippen molar-refractivity contribution in [2.75, 3.05) is 6.54 Å². The molecule has 1 fully saturated rings. The normalized spacial score (nSPS) is 30.4. The van der Waals surface area contributed by atoms with Crippen LogP contribution in [0.1, 0.15) is 30.9 Å². The van der Waals surface area contributed by atoms with Gasteiger partial charge in [0.2, 0.25) is 0 Å². The van der Waals surface area contributed by atoms with Crippen LogP contribution in [0.5, 0.6) is 0 Å². The molecule has 1 nitrogen and oxygen atoms in total. The standard InChI is InChI=1S/C13H19N/c1-3-11-8-13(11,9-14)12-7-5-4-6-10(12)2/h4-7,11H,3,8-9,14H2,1-2H3. The number of hydrogen-bond acceptors (Lipinski definition) is 1. The summed E-state index contributed by atoms with van der Waals surface area (Å²) in [4.78, 5) is 0. The van der Waals surface area contributed by atoms with Gasteiger partial charge in [-0.3, -0.25) is 0 Å². The van der Waals surface area contributed by atoms with Gasteiger partial charge in [0.1, 0.15) is 0 Å². The molecule has 0 spiro atoms. The molecule has 2 atom stereocenters. The molecule has 1 aliphatic carbocycles. The molecule has 76 valence electrons. The van der Waals surface area contributed by atoms with Crippen molar-refractivity contribution in [3.8, 4) is 0 Å². The van der Waals surface area contributed by atoms with Crippen LogP contribution in [0.25, 0.3) is 0 Å². The molecule has 0 bridgehead atoms. The van der Waals surface area contributed by atoms with Crippen LogP contribution in [-0.2, 0) is 5.41 Å². The van der Waals surface area contributed by atoms with Gasteiger partial charge < -0.3 is 5.73 Å². The minimum atomic E-state index is 0.320. The number of aryl methyl sites for hydroxylation is 1. The van der Waals surface area contributed by atoms with Crippen LogP contribution >= 0.6 is 0 Å². The molecule has 0 aliphatic heterocycles. The van der Waals surface area contributed by atoms with E-state index in [0.29, 0.717) is 5.41 Å². The smallest absolute Gasteiger partial charge is 0.0109 e. The van der Waals surface area contributed by atoms with Gasteiger partial charge in [-0.15, -0.1) is 0 Å². The zero-order valence-corrected chi connectivity index (χ0v) is 9.09. The minimum absolute atomic E-state index is 0.320. The largest absolute Gasteiger partial charge is 0.330 e. The Bertz CT molecular complexity index is 332. The fourth-order valence-corrected chi connectivity index (χ4v) is 2.74. The van der Waals surface area contributed by atoms with E-state index in [1.165, 1.54) is 24.0 Å². The molecule has 2 N–H and O–H groups in total. The SMILES string of the molecule is CCC1CC1(CN)c1ccccc1C. The molecule has 1 aromatic rings. The third kappa shape index (κ3) is 1.27. The van der Waals surface area contributed by atoms with Crippen LogP contribution in [0.15, 0.2) is 24.3 Å². The van der Waals surface area contributed by atoms with Gasteiger partial charge in [0.05, 0.1) is 0 Å². The first kappa shape index (κ1) is 9.72. The first-order valence-electron chi connectivity index (χ1n) is 5.50. The van der Waals surface area contributed by atoms with Crippen LogP contribution < -0.4 is 5.73 Å². The third-order valence-electron chi connectivity index (χ3n) is 3.77. The van der Waals surface area contributed by atoms with E-state index in [0.717, 1.165) is 12.5 Å². The molecule has 1 heteroatoms. The predicted molar refractivity (Wildman–Crippen MR) is 60.3 cm³/mol. The third-order valence-corrected chi connectivity index (χ3v) is 3.77. The van der Waals surface area contributed by atoms with E-state index in [4.69, 9.17) is 5.73 Å². The number of hydrogen-bond donors (Lipinski definition) is 1. The van der Waals surface area contributed by atoms with Crippen LogP contribution in [0.2, 0.25) is 0 Å². The Morgan fingerprint density at radius 1 is 1.43 bits per heavy atom. The lowest BCUT2D eigenvalue weighted by molar-refractivity contribution is 0.597. The molecule has 1 aromatic carbocycles. The summed E-state index contributed by atoms with van der Waals surface area (Å²) in [7, 11) is 0. The van der Waals surface area contributed by atoms with Gasteiger partial charge in [0.25, 0.3) is 0 Å². The molecule has 1 aliphatic rings. The highest BCUT2D eigenvalue weighted by Crippen LogP contribution is 2.55. The van der Waals surface area contributed by atoms with Crippen LogP contribution in [0.3, 0.4) is 0 Å². The molecule has 2 unspecified atom stereocenters. The second-order valence-electron chi connectivity index (χ2n) is 4.48. The zero-order chi connectivity index (χ0) is 10.2. The first-order valence-corrected chi connectivity index (χ1v) is 5.50. The maximum atomic E-state index is 5.94. The van der Waals surface area contributed by atoms with E-state index >= 15 is 0 Å². The molecule has 0 saturated heterocycles. The lowest BCUT2D eigenvalue weighted by Crippen LogP contribution is -2.23. The molecular formula is C13H19N. The average Bonchev–Trinajstić information content (AvgIpc) is 2.93. The summed E-state index contributed by atoms with van der Waals surface area (Å²) in [5.74, 6) is 0.814. The lowest BCUT2D eigenvalue weighted by Gasteiger charge is -2.17. The van der Waals surface area contributed by atoms with E-state index in [1.807, 2.05) is 0 Å². The number of benzene rings is 1. The monoisotopic (exact) mass is 189 g/mol. The van der Waals surface area contributed by atoms with Crippen molar-refractivity contribution in [2.24, 2.45) is 11.7 Å². The van der Waals surface area contributed by atoms with Gasteiger partial charge in [0, 0.05) is 12.0 Å². The quantitative estimate of drug-likeness (QED) is 0.777. The fourth-order valence-electron chi connectivity index (χ4n) is 2.74. The Morgan fingerprint density at radius 2 is 2.14 bits per heavy atom. The van der Waals surface area contributed by atoms with Gasteiger partial charge in [0.15, 0.2) is 0 Å². The Hall–Kier alpha value is -0.820. The van der Waals surface area contributed by atoms with E-state index < -0.39 is 0 Å². The number of rotatable bonds is 3. The predicted octanol–water partition coefficient (Wildman–Crippen LogP) is 2.62.